The van der Waals surface area contributed by atoms with Gasteiger partial charge in [-0.3, -0.25) is 0 Å². The highest BCUT2D eigenvalue weighted by Gasteiger charge is 2.19. The molecule has 0 amide bonds. The molecule has 0 radical (unpaired) electrons. The molecule has 1 aliphatic heterocycles. The molecule has 17 heavy (non-hydrogen) atoms. The topological polar surface area (TPSA) is 38.7 Å². The van der Waals surface area contributed by atoms with Gasteiger partial charge in [0.1, 0.15) is 0 Å². The maximum Gasteiger partial charge on any atom is 0.231 e. The molecule has 0 saturated heterocycles. The maximum atomic E-state index is 10.5. The van der Waals surface area contributed by atoms with Crippen LogP contribution < -0.4 is 9.47 Å². The summed E-state index contributed by atoms with van der Waals surface area (Å²) < 4.78 is 79.6. The molecule has 1 N–H and O–H groups in total. The molecule has 1 aromatic rings. The molecule has 0 bridgehead atoms. The van der Waals surface area contributed by atoms with Gasteiger partial charge in [-0.05, 0) is 23.1 Å². The first kappa shape index (κ1) is 5.02. The fourth-order valence-corrected chi connectivity index (χ4v) is 1.23. The number of hydrogen-bond acceptors (Lipinski definition) is 3. The van der Waals surface area contributed by atoms with Crippen molar-refractivity contribution in [1.29, 1.82) is 0 Å². The van der Waals surface area contributed by atoms with Crippen LogP contribution in [0.1, 0.15) is 38.5 Å². The van der Waals surface area contributed by atoms with Gasteiger partial charge in [0, 0.05) is 8.22 Å². The van der Waals surface area contributed by atoms with Crippen molar-refractivity contribution < 1.29 is 26.9 Å². The van der Waals surface area contributed by atoms with E-state index < -0.39 is 37.3 Å². The molecular formula is C14H18O3. The molecule has 92 valence electrons. The van der Waals surface area contributed by atoms with Crippen LogP contribution in [0, 0.1) is 5.41 Å². The predicted octanol–water partition coefficient (Wildman–Crippen LogP) is 2.84. The van der Waals surface area contributed by atoms with Crippen LogP contribution in [0.15, 0.2) is 24.3 Å². The standard InChI is InChI=1S/C14H18O3/c1-14(2,3)13(15)7-5-10-4-6-11-12(8-10)17-9-16-11/h4-8,13,15H,9H2,1-3H3/b7-5+/i1D3,2D3,5D,7D,13D. The zero-order valence-corrected chi connectivity index (χ0v) is 9.20. The van der Waals surface area contributed by atoms with Gasteiger partial charge in [0.25, 0.3) is 0 Å². The lowest BCUT2D eigenvalue weighted by atomic mass is 9.89. The summed E-state index contributed by atoms with van der Waals surface area (Å²) in [6.45, 7) is -5.92. The number of aliphatic hydroxyl groups is 1. The van der Waals surface area contributed by atoms with Gasteiger partial charge >= 0.3 is 0 Å². The van der Waals surface area contributed by atoms with Gasteiger partial charge in [-0.15, -0.1) is 0 Å². The highest BCUT2D eigenvalue weighted by molar-refractivity contribution is 5.56. The Balaban J connectivity index is 2.60. The van der Waals surface area contributed by atoms with Crippen molar-refractivity contribution in [2.24, 2.45) is 5.41 Å². The molecule has 0 aromatic heterocycles. The van der Waals surface area contributed by atoms with E-state index in [9.17, 15) is 5.11 Å². The predicted molar refractivity (Wildman–Crippen MR) is 67.1 cm³/mol. The van der Waals surface area contributed by atoms with E-state index in [1.807, 2.05) is 0 Å². The first-order valence-corrected chi connectivity index (χ1v) is 4.95. The van der Waals surface area contributed by atoms with Crippen molar-refractivity contribution in [3.8, 4) is 11.5 Å². The number of fused-ring (bicyclic) bond motifs is 1. The molecule has 0 spiro atoms. The summed E-state index contributed by atoms with van der Waals surface area (Å²) in [7, 11) is 0. The minimum atomic E-state index is -3.38. The van der Waals surface area contributed by atoms with Crippen LogP contribution in [0.5, 0.6) is 11.5 Å². The summed E-state index contributed by atoms with van der Waals surface area (Å²) in [5.74, 6) is 0.687. The van der Waals surface area contributed by atoms with E-state index in [-0.39, 0.29) is 18.1 Å². The fraction of sp³-hybridized carbons (Fsp3) is 0.429. The van der Waals surface area contributed by atoms with Crippen LogP contribution in [0.3, 0.4) is 0 Å². The van der Waals surface area contributed by atoms with Gasteiger partial charge in [-0.2, -0.15) is 0 Å². The smallest absolute Gasteiger partial charge is 0.231 e. The SMILES string of the molecule is [2H]/C(=C(/[2H])C([2H])(O)C(C)(C([2H])([2H])[2H])C([2H])([2H])[2H])c1ccc2c(c1)OCO2. The minimum Gasteiger partial charge on any atom is -0.454 e. The monoisotopic (exact) mass is 243 g/mol. The average Bonchev–Trinajstić information content (AvgIpc) is 2.97. The summed E-state index contributed by atoms with van der Waals surface area (Å²) in [6.07, 6.45) is -3.38. The lowest BCUT2D eigenvalue weighted by Crippen LogP contribution is -2.23. The van der Waals surface area contributed by atoms with Crippen molar-refractivity contribution in [1.82, 2.24) is 0 Å². The minimum absolute atomic E-state index is 0.0257. The Morgan fingerprint density at radius 3 is 3.06 bits per heavy atom. The Morgan fingerprint density at radius 2 is 2.29 bits per heavy atom. The zero-order valence-electron chi connectivity index (χ0n) is 18.2. The summed E-state index contributed by atoms with van der Waals surface area (Å²) in [4.78, 5) is 0. The molecule has 0 saturated carbocycles. The third-order valence-corrected chi connectivity index (χ3v) is 2.17. The molecule has 3 heteroatoms. The third kappa shape index (κ3) is 2.80. The lowest BCUT2D eigenvalue weighted by molar-refractivity contribution is 0.106. The molecule has 1 heterocycles. The highest BCUT2D eigenvalue weighted by Crippen LogP contribution is 2.33. The first-order valence-electron chi connectivity index (χ1n) is 9.45. The Hall–Kier alpha value is -1.48. The maximum absolute atomic E-state index is 10.5. The average molecular weight is 243 g/mol. The van der Waals surface area contributed by atoms with Gasteiger partial charge in [0.05, 0.1) is 10.2 Å². The summed E-state index contributed by atoms with van der Waals surface area (Å²) in [5, 5.41) is 10.5. The highest BCUT2D eigenvalue weighted by atomic mass is 16.7. The van der Waals surface area contributed by atoms with E-state index in [0.29, 0.717) is 12.7 Å². The van der Waals surface area contributed by atoms with Crippen molar-refractivity contribution >= 4 is 6.05 Å². The van der Waals surface area contributed by atoms with E-state index in [4.69, 9.17) is 21.8 Å². The number of ether oxygens (including phenoxy) is 2. The van der Waals surface area contributed by atoms with Crippen molar-refractivity contribution in [3.05, 3.63) is 29.8 Å². The van der Waals surface area contributed by atoms with Gasteiger partial charge in [0.15, 0.2) is 11.5 Å². The van der Waals surface area contributed by atoms with Crippen LogP contribution in [0.4, 0.5) is 0 Å². The quantitative estimate of drug-likeness (QED) is 0.868. The normalized spacial score (nSPS) is 28.7. The first-order chi connectivity index (χ1) is 11.6. The van der Waals surface area contributed by atoms with Gasteiger partial charge in [0.2, 0.25) is 6.79 Å². The number of rotatable bonds is 2. The molecule has 1 aliphatic rings. The van der Waals surface area contributed by atoms with E-state index in [1.54, 1.807) is 0 Å². The van der Waals surface area contributed by atoms with E-state index in [1.165, 1.54) is 18.2 Å². The molecule has 3 nitrogen and oxygen atoms in total. The van der Waals surface area contributed by atoms with Gasteiger partial charge < -0.3 is 14.6 Å². The second-order valence-corrected chi connectivity index (χ2v) is 3.79. The summed E-state index contributed by atoms with van der Waals surface area (Å²) in [5.41, 5.74) is -2.95. The van der Waals surface area contributed by atoms with E-state index in [0.717, 1.165) is 0 Å². The molecule has 1 atom stereocenters. The van der Waals surface area contributed by atoms with E-state index >= 15 is 0 Å². The second-order valence-electron chi connectivity index (χ2n) is 3.79. The van der Waals surface area contributed by atoms with E-state index in [2.05, 4.69) is 0 Å². The third-order valence-electron chi connectivity index (χ3n) is 2.17. The van der Waals surface area contributed by atoms with Gasteiger partial charge in [-0.25, -0.2) is 0 Å². The Kier molecular flexibility index (Phi) is 1.30. The second kappa shape index (κ2) is 4.41. The van der Waals surface area contributed by atoms with Crippen LogP contribution in [-0.2, 0) is 0 Å². The largest absolute Gasteiger partial charge is 0.454 e. The Morgan fingerprint density at radius 1 is 1.53 bits per heavy atom. The molecule has 2 rings (SSSR count). The fourth-order valence-electron chi connectivity index (χ4n) is 1.23. The molecule has 0 fully saturated rings. The lowest BCUT2D eigenvalue weighted by Gasteiger charge is -2.22. The summed E-state index contributed by atoms with van der Waals surface area (Å²) >= 11 is 0. The molecule has 1 unspecified atom stereocenters. The number of benzene rings is 1. The Bertz CT molecular complexity index is 720. The Labute approximate surface area is 114 Å². The van der Waals surface area contributed by atoms with Crippen LogP contribution in [0.25, 0.3) is 6.05 Å². The molecule has 0 aliphatic carbocycles. The summed E-state index contributed by atoms with van der Waals surface area (Å²) in [6, 6.07) is 2.31. The van der Waals surface area contributed by atoms with Crippen molar-refractivity contribution in [2.45, 2.75) is 26.7 Å². The zero-order chi connectivity index (χ0) is 20.1. The van der Waals surface area contributed by atoms with Crippen molar-refractivity contribution in [3.63, 3.8) is 0 Å². The van der Waals surface area contributed by atoms with Crippen LogP contribution in [-0.4, -0.2) is 18.0 Å². The number of hydrogen-bond donors (Lipinski definition) is 1. The van der Waals surface area contributed by atoms with Crippen LogP contribution in [0.2, 0.25) is 0 Å². The van der Waals surface area contributed by atoms with Gasteiger partial charge in [-0.1, -0.05) is 38.8 Å². The molecule has 1 aromatic carbocycles. The van der Waals surface area contributed by atoms with Crippen molar-refractivity contribution in [2.75, 3.05) is 6.79 Å². The van der Waals surface area contributed by atoms with Crippen LogP contribution >= 0.6 is 0 Å². The molecular weight excluding hydrogens is 216 g/mol.